The molecule has 0 aliphatic carbocycles. The van der Waals surface area contributed by atoms with Crippen LogP contribution in [-0.2, 0) is 11.0 Å². The van der Waals surface area contributed by atoms with E-state index in [1.807, 2.05) is 30.3 Å². The van der Waals surface area contributed by atoms with Gasteiger partial charge in [-0.05, 0) is 89.0 Å². The number of aliphatic hydroxyl groups is 1. The Hall–Kier alpha value is -2.64. The number of hydrogen-bond donors (Lipinski definition) is 3. The Morgan fingerprint density at radius 1 is 1.13 bits per heavy atom. The third-order valence-corrected chi connectivity index (χ3v) is 8.78. The first kappa shape index (κ1) is 28.4. The fourth-order valence-corrected chi connectivity index (χ4v) is 6.18. The van der Waals surface area contributed by atoms with Crippen molar-refractivity contribution in [2.75, 3.05) is 62.7 Å². The van der Waals surface area contributed by atoms with E-state index in [0.717, 1.165) is 43.3 Å². The quantitative estimate of drug-likeness (QED) is 0.289. The number of nitrogens with zero attached hydrogens (tertiary/aromatic N) is 4. The molecule has 0 amide bonds. The van der Waals surface area contributed by atoms with Gasteiger partial charge in [0.05, 0.1) is 11.9 Å². The van der Waals surface area contributed by atoms with E-state index < -0.39 is 7.14 Å². The van der Waals surface area contributed by atoms with Gasteiger partial charge in [-0.1, -0.05) is 23.7 Å². The minimum atomic E-state index is -2.50. The van der Waals surface area contributed by atoms with E-state index in [1.54, 1.807) is 19.5 Å². The summed E-state index contributed by atoms with van der Waals surface area (Å²) < 4.78 is 12.8. The van der Waals surface area contributed by atoms with Crippen LogP contribution in [0.4, 0.5) is 28.8 Å². The molecular formula is C28H38ClN6O2P. The van der Waals surface area contributed by atoms with Crippen molar-refractivity contribution in [3.8, 4) is 0 Å². The standard InChI is InChI=1S/C28H38ClN6O2P/c1-34(2)22-13-15-35(16-14-22)25-12-11-21(18-20(25)8-7-17-36)31-28-30-19-23(29)27(33-28)32-24-9-5-6-10-26(24)38(3,4)37/h5-6,9-12,18-19,22,36H,7-8,13-17H2,1-4H3,(H2,30,31,32,33). The number of aryl methyl sites for hydroxylation is 1. The zero-order valence-corrected chi connectivity index (χ0v) is 24.3. The molecule has 3 aromatic rings. The number of aromatic nitrogens is 2. The van der Waals surface area contributed by atoms with E-state index in [9.17, 15) is 9.67 Å². The van der Waals surface area contributed by atoms with Crippen LogP contribution in [0.5, 0.6) is 0 Å². The number of anilines is 5. The van der Waals surface area contributed by atoms with Crippen molar-refractivity contribution in [3.63, 3.8) is 0 Å². The molecule has 1 aliphatic rings. The van der Waals surface area contributed by atoms with Crippen molar-refractivity contribution in [1.82, 2.24) is 14.9 Å². The van der Waals surface area contributed by atoms with Gasteiger partial charge in [-0.3, -0.25) is 0 Å². The van der Waals surface area contributed by atoms with Crippen LogP contribution in [0.15, 0.2) is 48.7 Å². The van der Waals surface area contributed by atoms with Gasteiger partial charge in [-0.2, -0.15) is 4.98 Å². The van der Waals surface area contributed by atoms with Gasteiger partial charge in [0, 0.05) is 42.4 Å². The van der Waals surface area contributed by atoms with E-state index in [1.165, 1.54) is 11.3 Å². The van der Waals surface area contributed by atoms with Crippen LogP contribution in [0.2, 0.25) is 5.02 Å². The number of rotatable bonds is 10. The number of para-hydroxylation sites is 1. The minimum absolute atomic E-state index is 0.152. The van der Waals surface area contributed by atoms with Gasteiger partial charge in [0.25, 0.3) is 0 Å². The molecule has 10 heteroatoms. The summed E-state index contributed by atoms with van der Waals surface area (Å²) in [4.78, 5) is 13.7. The molecule has 1 aliphatic heterocycles. The molecule has 8 nitrogen and oxygen atoms in total. The van der Waals surface area contributed by atoms with E-state index in [2.05, 4.69) is 56.6 Å². The first-order valence-electron chi connectivity index (χ1n) is 13.0. The Morgan fingerprint density at radius 2 is 1.87 bits per heavy atom. The van der Waals surface area contributed by atoms with Crippen molar-refractivity contribution in [2.24, 2.45) is 0 Å². The van der Waals surface area contributed by atoms with E-state index >= 15 is 0 Å². The van der Waals surface area contributed by atoms with Crippen LogP contribution < -0.4 is 20.8 Å². The zero-order valence-electron chi connectivity index (χ0n) is 22.6. The largest absolute Gasteiger partial charge is 0.396 e. The highest BCUT2D eigenvalue weighted by molar-refractivity contribution is 7.70. The van der Waals surface area contributed by atoms with Crippen LogP contribution in [0.3, 0.4) is 0 Å². The van der Waals surface area contributed by atoms with Gasteiger partial charge in [-0.15, -0.1) is 0 Å². The monoisotopic (exact) mass is 556 g/mol. The normalized spacial score (nSPS) is 14.7. The smallest absolute Gasteiger partial charge is 0.229 e. The number of benzene rings is 2. The molecule has 2 aromatic carbocycles. The number of hydrogen-bond acceptors (Lipinski definition) is 8. The highest BCUT2D eigenvalue weighted by Crippen LogP contribution is 2.38. The summed E-state index contributed by atoms with van der Waals surface area (Å²) in [7, 11) is 1.80. The average Bonchev–Trinajstić information content (AvgIpc) is 2.89. The lowest BCUT2D eigenvalue weighted by Gasteiger charge is -2.37. The SMILES string of the molecule is CN(C)C1CCN(c2ccc(Nc3ncc(Cl)c(Nc4ccccc4P(C)(C)=O)n3)cc2CCCO)CC1. The third-order valence-electron chi connectivity index (χ3n) is 6.96. The number of nitrogens with one attached hydrogen (secondary N) is 2. The Labute approximate surface area is 230 Å². The lowest BCUT2D eigenvalue weighted by molar-refractivity contribution is 0.249. The van der Waals surface area contributed by atoms with Crippen molar-refractivity contribution in [2.45, 2.75) is 31.7 Å². The summed E-state index contributed by atoms with van der Waals surface area (Å²) in [5, 5.41) is 17.1. The minimum Gasteiger partial charge on any atom is -0.396 e. The van der Waals surface area contributed by atoms with E-state index in [0.29, 0.717) is 34.9 Å². The second-order valence-electron chi connectivity index (χ2n) is 10.4. The highest BCUT2D eigenvalue weighted by atomic mass is 35.5. The number of piperidine rings is 1. The molecule has 0 radical (unpaired) electrons. The molecule has 1 fully saturated rings. The first-order chi connectivity index (χ1) is 18.2. The molecule has 0 atom stereocenters. The number of aliphatic hydroxyl groups excluding tert-OH is 1. The number of halogens is 1. The van der Waals surface area contributed by atoms with Gasteiger partial charge in [0.2, 0.25) is 5.95 Å². The Kier molecular flexibility index (Phi) is 9.32. The Balaban J connectivity index is 1.55. The van der Waals surface area contributed by atoms with Gasteiger partial charge in [-0.25, -0.2) is 4.98 Å². The van der Waals surface area contributed by atoms with Crippen LogP contribution in [0, 0.1) is 0 Å². The molecule has 4 rings (SSSR count). The van der Waals surface area contributed by atoms with E-state index in [4.69, 9.17) is 11.6 Å². The lowest BCUT2D eigenvalue weighted by atomic mass is 10.00. The zero-order chi connectivity index (χ0) is 27.3. The maximum Gasteiger partial charge on any atom is 0.229 e. The van der Waals surface area contributed by atoms with Gasteiger partial charge < -0.3 is 30.1 Å². The van der Waals surface area contributed by atoms with Gasteiger partial charge in [0.1, 0.15) is 12.2 Å². The van der Waals surface area contributed by atoms with Crippen molar-refractivity contribution >= 4 is 52.9 Å². The molecular weight excluding hydrogens is 519 g/mol. The Bertz CT molecular complexity index is 1290. The summed E-state index contributed by atoms with van der Waals surface area (Å²) in [5.41, 5.74) is 3.99. The third kappa shape index (κ3) is 7.06. The fraction of sp³-hybridized carbons (Fsp3) is 0.429. The van der Waals surface area contributed by atoms with E-state index in [-0.39, 0.29) is 6.61 Å². The van der Waals surface area contributed by atoms with Gasteiger partial charge >= 0.3 is 0 Å². The topological polar surface area (TPSA) is 93.6 Å². The van der Waals surface area contributed by atoms with Crippen molar-refractivity contribution in [1.29, 1.82) is 0 Å². The molecule has 0 spiro atoms. The van der Waals surface area contributed by atoms with Gasteiger partial charge in [0.15, 0.2) is 5.82 Å². The fourth-order valence-electron chi connectivity index (χ4n) is 4.89. The van der Waals surface area contributed by atoms with Crippen LogP contribution in [0.25, 0.3) is 0 Å². The summed E-state index contributed by atoms with van der Waals surface area (Å²) >= 11 is 6.42. The molecule has 1 aromatic heterocycles. The maximum atomic E-state index is 12.8. The molecule has 38 heavy (non-hydrogen) atoms. The average molecular weight is 557 g/mol. The van der Waals surface area contributed by atoms with Crippen LogP contribution >= 0.6 is 18.7 Å². The molecule has 0 unspecified atom stereocenters. The van der Waals surface area contributed by atoms with Crippen molar-refractivity contribution in [3.05, 3.63) is 59.2 Å². The summed E-state index contributed by atoms with van der Waals surface area (Å²) in [5.74, 6) is 0.837. The van der Waals surface area contributed by atoms with Crippen LogP contribution in [-0.4, -0.2) is 73.1 Å². The second kappa shape index (κ2) is 12.5. The predicted molar refractivity (Wildman–Crippen MR) is 160 cm³/mol. The lowest BCUT2D eigenvalue weighted by Crippen LogP contribution is -2.42. The van der Waals surface area contributed by atoms with Crippen LogP contribution in [0.1, 0.15) is 24.8 Å². The first-order valence-corrected chi connectivity index (χ1v) is 16.0. The maximum absolute atomic E-state index is 12.8. The highest BCUT2D eigenvalue weighted by Gasteiger charge is 2.22. The van der Waals surface area contributed by atoms with Crippen molar-refractivity contribution < 1.29 is 9.67 Å². The summed E-state index contributed by atoms with van der Waals surface area (Å²) in [6.45, 7) is 5.66. The predicted octanol–water partition coefficient (Wildman–Crippen LogP) is 5.32. The summed E-state index contributed by atoms with van der Waals surface area (Å²) in [6, 6.07) is 14.4. The Morgan fingerprint density at radius 3 is 2.55 bits per heavy atom. The molecule has 204 valence electrons. The molecule has 0 saturated carbocycles. The molecule has 0 bridgehead atoms. The second-order valence-corrected chi connectivity index (χ2v) is 14.0. The summed E-state index contributed by atoms with van der Waals surface area (Å²) in [6.07, 6.45) is 5.31. The molecule has 2 heterocycles. The molecule has 1 saturated heterocycles. The molecule has 3 N–H and O–H groups in total.